The molecule has 8 heteroatoms. The number of primary amides is 1. The largest absolute Gasteiger partial charge is 0.442 e. The van der Waals surface area contributed by atoms with Gasteiger partial charge >= 0.3 is 6.09 Å². The number of H-pyrrole nitrogens is 1. The van der Waals surface area contributed by atoms with E-state index in [1.165, 1.54) is 0 Å². The quantitative estimate of drug-likeness (QED) is 0.418. The van der Waals surface area contributed by atoms with Crippen LogP contribution in [0.15, 0.2) is 23.3 Å². The van der Waals surface area contributed by atoms with Crippen molar-refractivity contribution >= 4 is 23.7 Å². The molecule has 0 saturated heterocycles. The number of unbranched alkanes of at least 4 members (excludes halogenated alkanes) is 1. The van der Waals surface area contributed by atoms with Crippen LogP contribution in [-0.2, 0) is 9.53 Å². The molecule has 1 aromatic rings. The number of carbonyl (C=O) groups is 3. The molecule has 0 aliphatic carbocycles. The Morgan fingerprint density at radius 1 is 1.25 bits per heavy atom. The van der Waals surface area contributed by atoms with Gasteiger partial charge in [-0.3, -0.25) is 9.59 Å². The third-order valence-electron chi connectivity index (χ3n) is 2.81. The number of aliphatic imine (C=N–C) groups is 1. The second-order valence-electron chi connectivity index (χ2n) is 6.25. The Morgan fingerprint density at radius 2 is 1.92 bits per heavy atom. The fourth-order valence-corrected chi connectivity index (χ4v) is 1.80. The first-order valence-electron chi connectivity index (χ1n) is 7.71. The number of nitrogens with zero attached hydrogens (tertiary/aromatic N) is 1. The van der Waals surface area contributed by atoms with Gasteiger partial charge in [0, 0.05) is 19.0 Å². The van der Waals surface area contributed by atoms with E-state index in [9.17, 15) is 14.4 Å². The molecule has 3 amide bonds. The number of hydrogen-bond acceptors (Lipinski definition) is 4. The minimum absolute atomic E-state index is 0.188. The number of rotatable bonds is 6. The molecule has 132 valence electrons. The second kappa shape index (κ2) is 8.85. The van der Waals surface area contributed by atoms with Gasteiger partial charge in [0.1, 0.15) is 17.1 Å². The number of hydrogen-bond donors (Lipinski definition) is 3. The second-order valence-corrected chi connectivity index (χ2v) is 6.25. The summed E-state index contributed by atoms with van der Waals surface area (Å²) in [5.74, 6) is -0.610. The normalized spacial score (nSPS) is 11.9. The maximum atomic E-state index is 12.1. The van der Waals surface area contributed by atoms with Gasteiger partial charge in [0.05, 0.1) is 0 Å². The Kier molecular flexibility index (Phi) is 7.16. The highest BCUT2D eigenvalue weighted by Gasteiger charge is 2.17. The standard InChI is InChI=1S/C16H24N4O4/c1-16(2,3)24-15(23)20-13(9-5-4-8-12(17)21)19-14(22)11-7-6-10-18-11/h6-7,10,18H,4-5,8-9H2,1-3H3,(H2,17,21)(H,19,20,22,23). The van der Waals surface area contributed by atoms with E-state index in [1.807, 2.05) is 0 Å². The Balaban J connectivity index is 2.72. The van der Waals surface area contributed by atoms with E-state index in [4.69, 9.17) is 10.5 Å². The van der Waals surface area contributed by atoms with Gasteiger partial charge in [0.2, 0.25) is 5.91 Å². The first-order valence-corrected chi connectivity index (χ1v) is 7.71. The molecule has 0 saturated carbocycles. The molecule has 1 rings (SSSR count). The van der Waals surface area contributed by atoms with Crippen LogP contribution >= 0.6 is 0 Å². The van der Waals surface area contributed by atoms with Gasteiger partial charge in [-0.25, -0.2) is 4.79 Å². The number of aromatic amines is 1. The number of nitrogens with one attached hydrogen (secondary N) is 2. The van der Waals surface area contributed by atoms with Gasteiger partial charge in [0.15, 0.2) is 0 Å². The summed E-state index contributed by atoms with van der Waals surface area (Å²) < 4.78 is 5.13. The number of amidine groups is 1. The summed E-state index contributed by atoms with van der Waals surface area (Å²) in [6, 6.07) is 3.29. The highest BCUT2D eigenvalue weighted by molar-refractivity contribution is 6.07. The molecule has 1 aromatic heterocycles. The number of aromatic nitrogens is 1. The summed E-state index contributed by atoms with van der Waals surface area (Å²) >= 11 is 0. The van der Waals surface area contributed by atoms with Crippen LogP contribution in [0.1, 0.15) is 56.9 Å². The monoisotopic (exact) mass is 336 g/mol. The van der Waals surface area contributed by atoms with Crippen molar-refractivity contribution in [3.05, 3.63) is 24.0 Å². The average Bonchev–Trinajstić information content (AvgIpc) is 2.95. The van der Waals surface area contributed by atoms with Gasteiger partial charge in [-0.15, -0.1) is 0 Å². The van der Waals surface area contributed by atoms with Crippen LogP contribution in [0.3, 0.4) is 0 Å². The van der Waals surface area contributed by atoms with Crippen molar-refractivity contribution < 1.29 is 19.1 Å². The summed E-state index contributed by atoms with van der Waals surface area (Å²) in [6.07, 6.45) is 2.49. The maximum absolute atomic E-state index is 12.1. The van der Waals surface area contributed by atoms with E-state index in [2.05, 4.69) is 15.3 Å². The number of nitrogens with two attached hydrogens (primary N) is 1. The zero-order chi connectivity index (χ0) is 18.2. The van der Waals surface area contributed by atoms with Gasteiger partial charge < -0.3 is 20.8 Å². The predicted octanol–water partition coefficient (Wildman–Crippen LogP) is 2.12. The molecule has 8 nitrogen and oxygen atoms in total. The molecule has 24 heavy (non-hydrogen) atoms. The van der Waals surface area contributed by atoms with Crippen molar-refractivity contribution in [3.63, 3.8) is 0 Å². The summed E-state index contributed by atoms with van der Waals surface area (Å²) in [6.45, 7) is 5.18. The van der Waals surface area contributed by atoms with Crippen molar-refractivity contribution in [2.45, 2.75) is 52.1 Å². The maximum Gasteiger partial charge on any atom is 0.435 e. The minimum Gasteiger partial charge on any atom is -0.442 e. The summed E-state index contributed by atoms with van der Waals surface area (Å²) in [5, 5.41) is 2.59. The fraction of sp³-hybridized carbons (Fsp3) is 0.500. The van der Waals surface area contributed by atoms with Crippen LogP contribution < -0.4 is 11.1 Å². The lowest BCUT2D eigenvalue weighted by Crippen LogP contribution is -2.32. The minimum atomic E-state index is -0.779. The Hall–Kier alpha value is -2.64. The fourth-order valence-electron chi connectivity index (χ4n) is 1.80. The van der Waals surface area contributed by atoms with Crippen LogP contribution in [0.4, 0.5) is 4.79 Å². The third kappa shape index (κ3) is 8.11. The van der Waals surface area contributed by atoms with Crippen LogP contribution in [0.5, 0.6) is 0 Å². The van der Waals surface area contributed by atoms with Crippen LogP contribution in [0.2, 0.25) is 0 Å². The Labute approximate surface area is 140 Å². The molecule has 0 atom stereocenters. The number of carbonyl (C=O) groups excluding carboxylic acids is 3. The molecule has 0 aliphatic rings. The molecule has 4 N–H and O–H groups in total. The molecular weight excluding hydrogens is 312 g/mol. The van der Waals surface area contributed by atoms with Gasteiger partial charge in [-0.2, -0.15) is 4.99 Å². The molecule has 0 bridgehead atoms. The highest BCUT2D eigenvalue weighted by Crippen LogP contribution is 2.09. The van der Waals surface area contributed by atoms with Crippen molar-refractivity contribution in [2.75, 3.05) is 0 Å². The summed E-state index contributed by atoms with van der Waals surface area (Å²) in [7, 11) is 0. The average molecular weight is 336 g/mol. The van der Waals surface area contributed by atoms with Gasteiger partial charge in [-0.05, 0) is 45.7 Å². The van der Waals surface area contributed by atoms with Crippen molar-refractivity contribution in [1.82, 2.24) is 10.3 Å². The van der Waals surface area contributed by atoms with E-state index in [1.54, 1.807) is 39.1 Å². The highest BCUT2D eigenvalue weighted by atomic mass is 16.6. The van der Waals surface area contributed by atoms with E-state index in [0.29, 0.717) is 25.0 Å². The van der Waals surface area contributed by atoms with Crippen LogP contribution in [-0.4, -0.2) is 34.3 Å². The molecular formula is C16H24N4O4. The molecule has 0 fully saturated rings. The Bertz CT molecular complexity index is 600. The van der Waals surface area contributed by atoms with Crippen molar-refractivity contribution in [2.24, 2.45) is 10.7 Å². The van der Waals surface area contributed by atoms with Crippen molar-refractivity contribution in [1.29, 1.82) is 0 Å². The van der Waals surface area contributed by atoms with E-state index >= 15 is 0 Å². The first-order chi connectivity index (χ1) is 11.2. The smallest absolute Gasteiger partial charge is 0.435 e. The predicted molar refractivity (Wildman–Crippen MR) is 89.6 cm³/mol. The zero-order valence-corrected chi connectivity index (χ0v) is 14.2. The van der Waals surface area contributed by atoms with Crippen LogP contribution in [0, 0.1) is 0 Å². The molecule has 0 aromatic carbocycles. The molecule has 0 spiro atoms. The molecule has 0 aliphatic heterocycles. The Morgan fingerprint density at radius 3 is 2.46 bits per heavy atom. The number of ether oxygens (including phenoxy) is 1. The van der Waals surface area contributed by atoms with Gasteiger partial charge in [-0.1, -0.05) is 0 Å². The lowest BCUT2D eigenvalue weighted by molar-refractivity contribution is -0.118. The van der Waals surface area contributed by atoms with Crippen LogP contribution in [0.25, 0.3) is 0 Å². The molecule has 0 radical (unpaired) electrons. The lowest BCUT2D eigenvalue weighted by atomic mass is 10.1. The zero-order valence-electron chi connectivity index (χ0n) is 14.2. The SMILES string of the molecule is CC(C)(C)OC(=O)N=C(CCCCC(N)=O)NC(=O)c1ccc[nH]1. The summed E-state index contributed by atoms with van der Waals surface area (Å²) in [5.41, 5.74) is 4.76. The van der Waals surface area contributed by atoms with E-state index < -0.39 is 23.5 Å². The molecule has 1 heterocycles. The first kappa shape index (κ1) is 19.4. The third-order valence-corrected chi connectivity index (χ3v) is 2.81. The summed E-state index contributed by atoms with van der Waals surface area (Å²) in [4.78, 5) is 41.3. The van der Waals surface area contributed by atoms with Crippen molar-refractivity contribution in [3.8, 4) is 0 Å². The molecule has 0 unspecified atom stereocenters. The van der Waals surface area contributed by atoms with E-state index in [0.717, 1.165) is 0 Å². The topological polar surface area (TPSA) is 127 Å². The lowest BCUT2D eigenvalue weighted by Gasteiger charge is -2.18. The number of amides is 3. The van der Waals surface area contributed by atoms with Gasteiger partial charge in [0.25, 0.3) is 5.91 Å². The van der Waals surface area contributed by atoms with E-state index in [-0.39, 0.29) is 12.3 Å².